The number of hydrogen-bond donors (Lipinski definition) is 1. The van der Waals surface area contributed by atoms with Crippen LogP contribution >= 0.6 is 0 Å². The molecule has 0 spiro atoms. The number of rotatable bonds is 5. The second kappa shape index (κ2) is 8.52. The molecule has 0 radical (unpaired) electrons. The molecule has 1 aliphatic rings. The van der Waals surface area contributed by atoms with Crippen LogP contribution in [-0.2, 0) is 11.3 Å². The summed E-state index contributed by atoms with van der Waals surface area (Å²) in [5.74, 6) is -0.927. The van der Waals surface area contributed by atoms with Gasteiger partial charge in [-0.1, -0.05) is 12.1 Å². The van der Waals surface area contributed by atoms with Gasteiger partial charge in [-0.3, -0.25) is 9.69 Å². The van der Waals surface area contributed by atoms with Gasteiger partial charge in [0.05, 0.1) is 29.2 Å². The van der Waals surface area contributed by atoms with Crippen LogP contribution in [0.15, 0.2) is 42.5 Å². The molecular weight excluding hydrogens is 386 g/mol. The van der Waals surface area contributed by atoms with E-state index in [1.165, 1.54) is 6.07 Å². The van der Waals surface area contributed by atoms with Crippen LogP contribution in [0.2, 0.25) is 0 Å². The zero-order valence-electron chi connectivity index (χ0n) is 17.2. The number of amides is 1. The molecule has 1 saturated heterocycles. The van der Waals surface area contributed by atoms with Crippen LogP contribution in [0.5, 0.6) is 0 Å². The molecule has 30 heavy (non-hydrogen) atoms. The molecule has 1 atom stereocenters. The molecule has 1 N–H and O–H groups in total. The van der Waals surface area contributed by atoms with Gasteiger partial charge in [0.2, 0.25) is 5.91 Å². The molecule has 4 rings (SSSR count). The van der Waals surface area contributed by atoms with Crippen molar-refractivity contribution in [3.8, 4) is 0 Å². The monoisotopic (exact) mass is 412 g/mol. The number of piperidine rings is 1. The van der Waals surface area contributed by atoms with E-state index >= 15 is 0 Å². The minimum absolute atomic E-state index is 0.0140. The summed E-state index contributed by atoms with van der Waals surface area (Å²) in [6.07, 6.45) is 1.62. The van der Waals surface area contributed by atoms with E-state index in [0.717, 1.165) is 48.4 Å². The summed E-state index contributed by atoms with van der Waals surface area (Å²) < 4.78 is 29.2. The first-order chi connectivity index (χ1) is 14.4. The molecule has 3 aromatic rings. The van der Waals surface area contributed by atoms with Crippen molar-refractivity contribution in [1.82, 2.24) is 14.5 Å². The lowest BCUT2D eigenvalue weighted by Gasteiger charge is -2.32. The number of fused-ring (bicyclic) bond motifs is 1. The summed E-state index contributed by atoms with van der Waals surface area (Å²) in [5.41, 5.74) is 2.10. The Labute approximate surface area is 174 Å². The van der Waals surface area contributed by atoms with Gasteiger partial charge in [0.1, 0.15) is 17.5 Å². The molecular formula is C23H26F2N4O. The normalized spacial score (nSPS) is 17.6. The molecule has 1 aromatic heterocycles. The lowest BCUT2D eigenvalue weighted by atomic mass is 9.97. The molecule has 0 unspecified atom stereocenters. The van der Waals surface area contributed by atoms with Gasteiger partial charge in [0, 0.05) is 18.7 Å². The van der Waals surface area contributed by atoms with Crippen molar-refractivity contribution in [3.63, 3.8) is 0 Å². The van der Waals surface area contributed by atoms with Crippen LogP contribution < -0.4 is 5.32 Å². The molecule has 0 saturated carbocycles. The van der Waals surface area contributed by atoms with E-state index in [0.29, 0.717) is 13.1 Å². The largest absolute Gasteiger partial charge is 0.324 e. The van der Waals surface area contributed by atoms with Crippen molar-refractivity contribution in [2.24, 2.45) is 5.92 Å². The number of carbonyl (C=O) groups is 1. The highest BCUT2D eigenvalue weighted by atomic mass is 19.1. The molecule has 0 bridgehead atoms. The fraction of sp³-hybridized carbons (Fsp3) is 0.391. The minimum Gasteiger partial charge on any atom is -0.324 e. The zero-order chi connectivity index (χ0) is 21.3. The molecule has 158 valence electrons. The van der Waals surface area contributed by atoms with Crippen LogP contribution in [0.3, 0.4) is 0 Å². The van der Waals surface area contributed by atoms with Crippen LogP contribution in [0.25, 0.3) is 11.0 Å². The Bertz CT molecular complexity index is 1060. The number of nitrogens with zero attached hydrogens (tertiary/aromatic N) is 3. The highest BCUT2D eigenvalue weighted by molar-refractivity contribution is 5.92. The number of anilines is 1. The number of hydrogen-bond acceptors (Lipinski definition) is 3. The number of carbonyl (C=O) groups excluding carboxylic acids is 1. The number of para-hydroxylation sites is 2. The average molecular weight is 412 g/mol. The Hall–Kier alpha value is -2.80. The van der Waals surface area contributed by atoms with Gasteiger partial charge < -0.3 is 9.88 Å². The third kappa shape index (κ3) is 4.21. The van der Waals surface area contributed by atoms with E-state index in [9.17, 15) is 13.6 Å². The lowest BCUT2D eigenvalue weighted by molar-refractivity contribution is -0.121. The smallest absolute Gasteiger partial charge is 0.228 e. The van der Waals surface area contributed by atoms with Crippen LogP contribution in [0.1, 0.15) is 38.6 Å². The first-order valence-corrected chi connectivity index (χ1v) is 10.4. The van der Waals surface area contributed by atoms with Crippen molar-refractivity contribution >= 4 is 22.6 Å². The van der Waals surface area contributed by atoms with Crippen molar-refractivity contribution in [1.29, 1.82) is 0 Å². The number of halogens is 2. The highest BCUT2D eigenvalue weighted by Gasteiger charge is 2.27. The van der Waals surface area contributed by atoms with Gasteiger partial charge >= 0.3 is 0 Å². The maximum absolute atomic E-state index is 13.9. The number of imidazole rings is 1. The summed E-state index contributed by atoms with van der Waals surface area (Å²) >= 11 is 0. The zero-order valence-corrected chi connectivity index (χ0v) is 17.2. The molecule has 2 heterocycles. The van der Waals surface area contributed by atoms with E-state index in [4.69, 9.17) is 4.98 Å². The van der Waals surface area contributed by atoms with E-state index in [-0.39, 0.29) is 23.6 Å². The summed E-state index contributed by atoms with van der Waals surface area (Å²) in [5, 5.41) is 2.61. The topological polar surface area (TPSA) is 50.2 Å². The van der Waals surface area contributed by atoms with Gasteiger partial charge in [-0.05, 0) is 57.5 Å². The Balaban J connectivity index is 1.47. The van der Waals surface area contributed by atoms with Gasteiger partial charge in [-0.25, -0.2) is 13.8 Å². The number of likely N-dealkylation sites (tertiary alicyclic amines) is 1. The lowest BCUT2D eigenvalue weighted by Crippen LogP contribution is -2.40. The highest BCUT2D eigenvalue weighted by Crippen LogP contribution is 2.25. The first kappa shape index (κ1) is 20.5. The fourth-order valence-corrected chi connectivity index (χ4v) is 4.22. The molecule has 1 fully saturated rings. The maximum atomic E-state index is 13.9. The number of nitrogens with one attached hydrogen (secondary N) is 1. The van der Waals surface area contributed by atoms with Crippen molar-refractivity contribution in [3.05, 3.63) is 59.9 Å². The van der Waals surface area contributed by atoms with Gasteiger partial charge in [-0.15, -0.1) is 0 Å². The molecule has 5 nitrogen and oxygen atoms in total. The van der Waals surface area contributed by atoms with Crippen molar-refractivity contribution in [2.45, 2.75) is 39.3 Å². The molecule has 1 amide bonds. The van der Waals surface area contributed by atoms with E-state index < -0.39 is 11.6 Å². The summed E-state index contributed by atoms with van der Waals surface area (Å²) in [6.45, 7) is 6.40. The molecule has 2 aromatic carbocycles. The second-order valence-corrected chi connectivity index (χ2v) is 8.17. The van der Waals surface area contributed by atoms with Crippen molar-refractivity contribution < 1.29 is 13.6 Å². The van der Waals surface area contributed by atoms with E-state index in [1.807, 2.05) is 18.2 Å². The van der Waals surface area contributed by atoms with E-state index in [1.54, 1.807) is 0 Å². The van der Waals surface area contributed by atoms with Crippen LogP contribution in [0, 0.1) is 17.6 Å². The summed E-state index contributed by atoms with van der Waals surface area (Å²) in [6, 6.07) is 11.5. The standard InChI is InChI=1S/C23H26F2N4O/c1-15(2)29-21-8-4-3-7-20(21)26-22(29)14-28-11-5-6-16(13-28)23(30)27-19-10-9-17(24)12-18(19)25/h3-4,7-10,12,15-16H,5-6,11,13-14H2,1-2H3,(H,27,30)/t16-/m0/s1. The second-order valence-electron chi connectivity index (χ2n) is 8.17. The Morgan fingerprint density at radius 3 is 2.80 bits per heavy atom. The maximum Gasteiger partial charge on any atom is 0.228 e. The number of aromatic nitrogens is 2. The molecule has 0 aliphatic carbocycles. The van der Waals surface area contributed by atoms with Crippen LogP contribution in [-0.4, -0.2) is 33.4 Å². The van der Waals surface area contributed by atoms with Crippen LogP contribution in [0.4, 0.5) is 14.5 Å². The van der Waals surface area contributed by atoms with Gasteiger partial charge in [-0.2, -0.15) is 0 Å². The van der Waals surface area contributed by atoms with Gasteiger partial charge in [0.15, 0.2) is 0 Å². The minimum atomic E-state index is -0.762. The predicted octanol–water partition coefficient (Wildman–Crippen LogP) is 4.75. The average Bonchev–Trinajstić information content (AvgIpc) is 3.08. The van der Waals surface area contributed by atoms with Crippen molar-refractivity contribution in [2.75, 3.05) is 18.4 Å². The van der Waals surface area contributed by atoms with Gasteiger partial charge in [0.25, 0.3) is 0 Å². The Kier molecular flexibility index (Phi) is 5.81. The van der Waals surface area contributed by atoms with E-state index in [2.05, 4.69) is 34.7 Å². The summed E-state index contributed by atoms with van der Waals surface area (Å²) in [7, 11) is 0. The Morgan fingerprint density at radius 1 is 1.23 bits per heavy atom. The Morgan fingerprint density at radius 2 is 2.03 bits per heavy atom. The number of benzene rings is 2. The fourth-order valence-electron chi connectivity index (χ4n) is 4.22. The molecule has 7 heteroatoms. The summed E-state index contributed by atoms with van der Waals surface area (Å²) in [4.78, 5) is 19.8. The third-order valence-electron chi connectivity index (χ3n) is 5.62. The SMILES string of the molecule is CC(C)n1c(CN2CCC[C@H](C(=O)Nc3ccc(F)cc3F)C2)nc2ccccc21. The third-order valence-corrected chi connectivity index (χ3v) is 5.62. The first-order valence-electron chi connectivity index (χ1n) is 10.4. The molecule has 1 aliphatic heterocycles. The quantitative estimate of drug-likeness (QED) is 0.658. The predicted molar refractivity (Wildman–Crippen MR) is 113 cm³/mol.